The van der Waals surface area contributed by atoms with E-state index in [1.54, 1.807) is 61.9 Å². The molecule has 0 unspecified atom stereocenters. The lowest BCUT2D eigenvalue weighted by atomic mass is 10.2. The molecule has 0 fully saturated rings. The largest absolute Gasteiger partial charge is 0.497 e. The molecule has 0 N–H and O–H groups in total. The summed E-state index contributed by atoms with van der Waals surface area (Å²) >= 11 is 0. The molecule has 0 aromatic heterocycles. The van der Waals surface area contributed by atoms with Crippen molar-refractivity contribution in [2.45, 2.75) is 6.92 Å². The molecule has 4 heteroatoms. The van der Waals surface area contributed by atoms with Crippen molar-refractivity contribution in [3.05, 3.63) is 89.5 Å². The molecule has 0 aliphatic carbocycles. The number of esters is 1. The van der Waals surface area contributed by atoms with Gasteiger partial charge in [-0.1, -0.05) is 29.8 Å². The summed E-state index contributed by atoms with van der Waals surface area (Å²) in [5, 5.41) is 0. The first-order chi connectivity index (χ1) is 12.6. The van der Waals surface area contributed by atoms with Crippen LogP contribution in [-0.4, -0.2) is 19.3 Å². The van der Waals surface area contributed by atoms with E-state index in [-0.39, 0.29) is 0 Å². The van der Waals surface area contributed by atoms with Gasteiger partial charge in [0.15, 0.2) is 0 Å². The SMILES string of the molecule is COc1ccc(C(=O)Oc2ccc(N=Cc3ccc(C)cc3)cc2)cc1. The summed E-state index contributed by atoms with van der Waals surface area (Å²) < 4.78 is 10.4. The van der Waals surface area contributed by atoms with Gasteiger partial charge in [-0.05, 0) is 61.0 Å². The van der Waals surface area contributed by atoms with Gasteiger partial charge < -0.3 is 9.47 Å². The number of methoxy groups -OCH3 is 1. The quantitative estimate of drug-likeness (QED) is 0.372. The predicted octanol–water partition coefficient (Wildman–Crippen LogP) is 4.97. The van der Waals surface area contributed by atoms with Crippen molar-refractivity contribution in [2.24, 2.45) is 4.99 Å². The van der Waals surface area contributed by atoms with Crippen LogP contribution in [0.15, 0.2) is 77.8 Å². The highest BCUT2D eigenvalue weighted by molar-refractivity contribution is 5.91. The monoisotopic (exact) mass is 345 g/mol. The fourth-order valence-corrected chi connectivity index (χ4v) is 2.29. The van der Waals surface area contributed by atoms with Crippen LogP contribution >= 0.6 is 0 Å². The van der Waals surface area contributed by atoms with Gasteiger partial charge in [0, 0.05) is 6.21 Å². The van der Waals surface area contributed by atoms with Crippen LogP contribution in [0.3, 0.4) is 0 Å². The van der Waals surface area contributed by atoms with Gasteiger partial charge in [-0.3, -0.25) is 4.99 Å². The first-order valence-electron chi connectivity index (χ1n) is 8.21. The van der Waals surface area contributed by atoms with Crippen LogP contribution in [0.2, 0.25) is 0 Å². The Hall–Kier alpha value is -3.40. The van der Waals surface area contributed by atoms with Gasteiger partial charge in [0.2, 0.25) is 0 Å². The molecule has 0 aliphatic rings. The van der Waals surface area contributed by atoms with Crippen LogP contribution in [0.1, 0.15) is 21.5 Å². The van der Waals surface area contributed by atoms with Crippen LogP contribution in [0.4, 0.5) is 5.69 Å². The van der Waals surface area contributed by atoms with Crippen molar-refractivity contribution in [3.63, 3.8) is 0 Å². The third kappa shape index (κ3) is 4.57. The molecule has 0 amide bonds. The fourth-order valence-electron chi connectivity index (χ4n) is 2.29. The number of hydrogen-bond acceptors (Lipinski definition) is 4. The number of benzene rings is 3. The molecular formula is C22H19NO3. The summed E-state index contributed by atoms with van der Waals surface area (Å²) in [6, 6.07) is 22.0. The second-order valence-corrected chi connectivity index (χ2v) is 5.78. The number of carbonyl (C=O) groups is 1. The van der Waals surface area contributed by atoms with E-state index in [1.807, 2.05) is 31.2 Å². The van der Waals surface area contributed by atoms with Gasteiger partial charge in [-0.25, -0.2) is 4.79 Å². The van der Waals surface area contributed by atoms with Gasteiger partial charge in [0.1, 0.15) is 11.5 Å². The first kappa shape index (κ1) is 17.4. The number of aliphatic imine (C=N–C) groups is 1. The molecule has 0 atom stereocenters. The van der Waals surface area contributed by atoms with E-state index in [9.17, 15) is 4.79 Å². The van der Waals surface area contributed by atoms with Crippen molar-refractivity contribution < 1.29 is 14.3 Å². The third-order valence-electron chi connectivity index (χ3n) is 3.81. The van der Waals surface area contributed by atoms with Crippen LogP contribution in [0.25, 0.3) is 0 Å². The third-order valence-corrected chi connectivity index (χ3v) is 3.81. The second-order valence-electron chi connectivity index (χ2n) is 5.78. The Morgan fingerprint density at radius 2 is 1.46 bits per heavy atom. The number of aryl methyl sites for hydroxylation is 1. The van der Waals surface area contributed by atoms with E-state index in [1.165, 1.54) is 5.56 Å². The van der Waals surface area contributed by atoms with Gasteiger partial charge in [0.05, 0.1) is 18.4 Å². The minimum Gasteiger partial charge on any atom is -0.497 e. The highest BCUT2D eigenvalue weighted by atomic mass is 16.5. The van der Waals surface area contributed by atoms with Gasteiger partial charge >= 0.3 is 5.97 Å². The maximum atomic E-state index is 12.1. The Morgan fingerprint density at radius 1 is 0.846 bits per heavy atom. The lowest BCUT2D eigenvalue weighted by Gasteiger charge is -2.05. The van der Waals surface area contributed by atoms with Crippen molar-refractivity contribution in [3.8, 4) is 11.5 Å². The maximum Gasteiger partial charge on any atom is 0.343 e. The zero-order chi connectivity index (χ0) is 18.4. The Kier molecular flexibility index (Phi) is 5.44. The van der Waals surface area contributed by atoms with Crippen molar-refractivity contribution in [1.82, 2.24) is 0 Å². The Bertz CT molecular complexity index is 896. The molecule has 26 heavy (non-hydrogen) atoms. The van der Waals surface area contributed by atoms with Gasteiger partial charge in [0.25, 0.3) is 0 Å². The summed E-state index contributed by atoms with van der Waals surface area (Å²) in [6.45, 7) is 2.05. The summed E-state index contributed by atoms with van der Waals surface area (Å²) in [7, 11) is 1.58. The summed E-state index contributed by atoms with van der Waals surface area (Å²) in [5.41, 5.74) is 3.50. The molecular weight excluding hydrogens is 326 g/mol. The van der Waals surface area contributed by atoms with Crippen LogP contribution < -0.4 is 9.47 Å². The summed E-state index contributed by atoms with van der Waals surface area (Å²) in [4.78, 5) is 16.6. The minimum absolute atomic E-state index is 0.413. The average molecular weight is 345 g/mol. The molecule has 130 valence electrons. The van der Waals surface area contributed by atoms with Crippen molar-refractivity contribution in [1.29, 1.82) is 0 Å². The fraction of sp³-hybridized carbons (Fsp3) is 0.0909. The molecule has 3 aromatic carbocycles. The van der Waals surface area contributed by atoms with E-state index in [0.717, 1.165) is 11.3 Å². The van der Waals surface area contributed by atoms with E-state index in [4.69, 9.17) is 9.47 Å². The molecule has 3 aromatic rings. The predicted molar refractivity (Wildman–Crippen MR) is 103 cm³/mol. The zero-order valence-electron chi connectivity index (χ0n) is 14.7. The van der Waals surface area contributed by atoms with E-state index in [2.05, 4.69) is 4.99 Å². The lowest BCUT2D eigenvalue weighted by Crippen LogP contribution is -2.08. The highest BCUT2D eigenvalue weighted by Gasteiger charge is 2.08. The molecule has 0 heterocycles. The molecule has 4 nitrogen and oxygen atoms in total. The number of rotatable bonds is 5. The first-order valence-corrected chi connectivity index (χ1v) is 8.21. The Morgan fingerprint density at radius 3 is 2.08 bits per heavy atom. The molecule has 0 saturated carbocycles. The van der Waals surface area contributed by atoms with E-state index < -0.39 is 5.97 Å². The van der Waals surface area contributed by atoms with Gasteiger partial charge in [-0.15, -0.1) is 0 Å². The van der Waals surface area contributed by atoms with E-state index in [0.29, 0.717) is 17.1 Å². The Balaban J connectivity index is 1.63. The van der Waals surface area contributed by atoms with Crippen molar-refractivity contribution in [2.75, 3.05) is 7.11 Å². The molecule has 3 rings (SSSR count). The van der Waals surface area contributed by atoms with Crippen LogP contribution in [0.5, 0.6) is 11.5 Å². The highest BCUT2D eigenvalue weighted by Crippen LogP contribution is 2.20. The average Bonchev–Trinajstić information content (AvgIpc) is 2.68. The number of hydrogen-bond donors (Lipinski definition) is 0. The second kappa shape index (κ2) is 8.12. The summed E-state index contributed by atoms with van der Waals surface area (Å²) in [6.07, 6.45) is 1.80. The minimum atomic E-state index is -0.413. The Labute approximate surface area is 152 Å². The number of carbonyl (C=O) groups excluding carboxylic acids is 1. The molecule has 0 aliphatic heterocycles. The topological polar surface area (TPSA) is 47.9 Å². The molecule has 0 saturated heterocycles. The number of ether oxygens (including phenoxy) is 2. The van der Waals surface area contributed by atoms with Crippen LogP contribution in [0, 0.1) is 6.92 Å². The van der Waals surface area contributed by atoms with Crippen molar-refractivity contribution >= 4 is 17.9 Å². The standard InChI is InChI=1S/C22H19NO3/c1-16-3-5-17(6-4-16)15-23-19-9-13-21(14-10-19)26-22(24)18-7-11-20(25-2)12-8-18/h3-15H,1-2H3. The smallest absolute Gasteiger partial charge is 0.343 e. The molecule has 0 spiro atoms. The maximum absolute atomic E-state index is 12.1. The lowest BCUT2D eigenvalue weighted by molar-refractivity contribution is 0.0734. The normalized spacial score (nSPS) is 10.7. The van der Waals surface area contributed by atoms with E-state index >= 15 is 0 Å². The molecule has 0 radical (unpaired) electrons. The molecule has 0 bridgehead atoms. The summed E-state index contributed by atoms with van der Waals surface area (Å²) in [5.74, 6) is 0.751. The van der Waals surface area contributed by atoms with Gasteiger partial charge in [-0.2, -0.15) is 0 Å². The zero-order valence-corrected chi connectivity index (χ0v) is 14.7. The van der Waals surface area contributed by atoms with Crippen LogP contribution in [-0.2, 0) is 0 Å². The number of nitrogens with zero attached hydrogens (tertiary/aromatic N) is 1.